The molecule has 0 bridgehead atoms. The van der Waals surface area contributed by atoms with Crippen molar-refractivity contribution in [3.63, 3.8) is 0 Å². The van der Waals surface area contributed by atoms with E-state index in [0.29, 0.717) is 31.5 Å². The zero-order valence-corrected chi connectivity index (χ0v) is 9.95. The average molecular weight is 296 g/mol. The van der Waals surface area contributed by atoms with Gasteiger partial charge in [-0.05, 0) is 22.0 Å². The predicted octanol–water partition coefficient (Wildman–Crippen LogP) is 3.36. The molecule has 0 atom stereocenters. The lowest BCUT2D eigenvalue weighted by Crippen LogP contribution is -1.95. The Hall–Kier alpha value is -0.290. The third-order valence-corrected chi connectivity index (χ3v) is 3.25. The van der Waals surface area contributed by atoms with Crippen molar-refractivity contribution in [1.29, 1.82) is 0 Å². The highest BCUT2D eigenvalue weighted by Crippen LogP contribution is 2.36. The molecule has 0 saturated heterocycles. The number of nitrogens with zero attached hydrogens (tertiary/aromatic N) is 1. The summed E-state index contributed by atoms with van der Waals surface area (Å²) in [7, 11) is 0. The molecule has 2 rings (SSSR count). The average Bonchev–Trinajstić information content (AvgIpc) is 2.58. The Labute approximate surface area is 98.3 Å². The lowest BCUT2D eigenvalue weighted by atomic mass is 10.3. The van der Waals surface area contributed by atoms with Crippen LogP contribution in [0.3, 0.4) is 0 Å². The number of benzene rings is 1. The van der Waals surface area contributed by atoms with E-state index in [2.05, 4.69) is 20.9 Å². The van der Waals surface area contributed by atoms with Gasteiger partial charge >= 0.3 is 0 Å². The van der Waals surface area contributed by atoms with Crippen molar-refractivity contribution in [2.24, 2.45) is 5.73 Å². The zero-order valence-electron chi connectivity index (χ0n) is 6.85. The largest absolute Gasteiger partial charge is 0.438 e. The molecule has 2 aromatic rings. The molecule has 0 amide bonds. The molecule has 0 radical (unpaired) electrons. The van der Waals surface area contributed by atoms with Crippen LogP contribution < -0.4 is 5.73 Å². The fourth-order valence-electron chi connectivity index (χ4n) is 1.11. The summed E-state index contributed by atoms with van der Waals surface area (Å²) in [5, 5.41) is 0.941. The minimum absolute atomic E-state index is 0.221. The Bertz CT molecular complexity index is 498. The molecule has 14 heavy (non-hydrogen) atoms. The van der Waals surface area contributed by atoms with Crippen molar-refractivity contribution in [3.05, 3.63) is 26.5 Å². The van der Waals surface area contributed by atoms with Gasteiger partial charge in [0.15, 0.2) is 5.58 Å². The highest BCUT2D eigenvalue weighted by Gasteiger charge is 2.14. The quantitative estimate of drug-likeness (QED) is 0.821. The van der Waals surface area contributed by atoms with Gasteiger partial charge in [-0.3, -0.25) is 0 Å². The molecule has 0 fully saturated rings. The summed E-state index contributed by atoms with van der Waals surface area (Å²) < 4.78 is 6.00. The van der Waals surface area contributed by atoms with Gasteiger partial charge in [0.2, 0.25) is 5.89 Å². The van der Waals surface area contributed by atoms with Crippen LogP contribution in [0.15, 0.2) is 15.0 Å². The summed E-state index contributed by atoms with van der Waals surface area (Å²) >= 11 is 15.2. The maximum atomic E-state index is 5.99. The molecule has 1 aromatic heterocycles. The van der Waals surface area contributed by atoms with Crippen molar-refractivity contribution >= 4 is 50.2 Å². The minimum atomic E-state index is 0.221. The summed E-state index contributed by atoms with van der Waals surface area (Å²) in [6.07, 6.45) is 0. The third-order valence-electron chi connectivity index (χ3n) is 1.73. The van der Waals surface area contributed by atoms with Crippen molar-refractivity contribution < 1.29 is 4.42 Å². The first-order valence-electron chi connectivity index (χ1n) is 3.76. The molecule has 1 heterocycles. The molecule has 74 valence electrons. The molecule has 0 saturated carbocycles. The molecule has 0 spiro atoms. The number of hydrogen-bond donors (Lipinski definition) is 1. The van der Waals surface area contributed by atoms with E-state index in [1.165, 1.54) is 0 Å². The van der Waals surface area contributed by atoms with E-state index in [1.807, 2.05) is 0 Å². The maximum Gasteiger partial charge on any atom is 0.209 e. The lowest BCUT2D eigenvalue weighted by Gasteiger charge is -1.96. The predicted molar refractivity (Wildman–Crippen MR) is 59.6 cm³/mol. The highest BCUT2D eigenvalue weighted by atomic mass is 79.9. The number of hydrogen-bond acceptors (Lipinski definition) is 3. The molecular weight excluding hydrogens is 291 g/mol. The molecule has 6 heteroatoms. The molecule has 0 aliphatic heterocycles. The van der Waals surface area contributed by atoms with Crippen LogP contribution in [0.25, 0.3) is 11.1 Å². The summed E-state index contributed by atoms with van der Waals surface area (Å²) in [6, 6.07) is 1.68. The first-order chi connectivity index (χ1) is 6.63. The van der Waals surface area contributed by atoms with Gasteiger partial charge in [-0.25, -0.2) is 4.98 Å². The number of fused-ring (bicyclic) bond motifs is 1. The van der Waals surface area contributed by atoms with E-state index in [9.17, 15) is 0 Å². The number of halogens is 3. The van der Waals surface area contributed by atoms with E-state index < -0.39 is 0 Å². The van der Waals surface area contributed by atoms with Crippen LogP contribution in [-0.4, -0.2) is 4.98 Å². The van der Waals surface area contributed by atoms with Gasteiger partial charge < -0.3 is 10.2 Å². The Balaban J connectivity index is 2.84. The number of rotatable bonds is 1. The molecule has 1 aromatic carbocycles. The lowest BCUT2D eigenvalue weighted by molar-refractivity contribution is 0.533. The van der Waals surface area contributed by atoms with E-state index in [4.69, 9.17) is 33.4 Å². The summed E-state index contributed by atoms with van der Waals surface area (Å²) in [5.41, 5.74) is 6.40. The van der Waals surface area contributed by atoms with Crippen molar-refractivity contribution in [1.82, 2.24) is 4.98 Å². The van der Waals surface area contributed by atoms with E-state index in [1.54, 1.807) is 6.07 Å². The minimum Gasteiger partial charge on any atom is -0.438 e. The normalized spacial score (nSPS) is 11.1. The fraction of sp³-hybridized carbons (Fsp3) is 0.125. The van der Waals surface area contributed by atoms with Crippen LogP contribution in [-0.2, 0) is 6.54 Å². The van der Waals surface area contributed by atoms with Crippen molar-refractivity contribution in [3.8, 4) is 0 Å². The smallest absolute Gasteiger partial charge is 0.209 e. The van der Waals surface area contributed by atoms with Crippen molar-refractivity contribution in [2.45, 2.75) is 6.54 Å². The van der Waals surface area contributed by atoms with Crippen LogP contribution in [0.1, 0.15) is 5.89 Å². The van der Waals surface area contributed by atoms with Crippen LogP contribution in [0.4, 0.5) is 0 Å². The first kappa shape index (κ1) is 10.2. The SMILES string of the molecule is NCc1nc2c(Cl)cc(Br)c(Cl)c2o1. The van der Waals surface area contributed by atoms with Crippen LogP contribution >= 0.6 is 39.1 Å². The Morgan fingerprint density at radius 1 is 1.50 bits per heavy atom. The topological polar surface area (TPSA) is 52.0 Å². The summed E-state index contributed by atoms with van der Waals surface area (Å²) in [6.45, 7) is 0.221. The zero-order chi connectivity index (χ0) is 10.3. The van der Waals surface area contributed by atoms with Crippen LogP contribution in [0, 0.1) is 0 Å². The molecule has 3 nitrogen and oxygen atoms in total. The van der Waals surface area contributed by atoms with Gasteiger partial charge in [0, 0.05) is 4.47 Å². The fourth-order valence-corrected chi connectivity index (χ4v) is 2.07. The highest BCUT2D eigenvalue weighted by molar-refractivity contribution is 9.10. The third kappa shape index (κ3) is 1.52. The monoisotopic (exact) mass is 294 g/mol. The molecule has 0 aliphatic carbocycles. The molecule has 0 unspecified atom stereocenters. The van der Waals surface area contributed by atoms with Crippen LogP contribution in [0.2, 0.25) is 10.0 Å². The molecular formula is C8H5BrCl2N2O. The van der Waals surface area contributed by atoms with Gasteiger partial charge in [-0.15, -0.1) is 0 Å². The second-order valence-corrected chi connectivity index (χ2v) is 4.28. The van der Waals surface area contributed by atoms with E-state index >= 15 is 0 Å². The van der Waals surface area contributed by atoms with Crippen LogP contribution in [0.5, 0.6) is 0 Å². The number of nitrogens with two attached hydrogens (primary N) is 1. The summed E-state index contributed by atoms with van der Waals surface area (Å²) in [4.78, 5) is 4.10. The van der Waals surface area contributed by atoms with Gasteiger partial charge in [0.25, 0.3) is 0 Å². The Kier molecular flexibility index (Phi) is 2.70. The second-order valence-electron chi connectivity index (χ2n) is 2.64. The van der Waals surface area contributed by atoms with Gasteiger partial charge in [0.05, 0.1) is 16.6 Å². The summed E-state index contributed by atoms with van der Waals surface area (Å²) in [5.74, 6) is 0.418. The molecule has 2 N–H and O–H groups in total. The van der Waals surface area contributed by atoms with Crippen molar-refractivity contribution in [2.75, 3.05) is 0 Å². The maximum absolute atomic E-state index is 5.99. The standard InChI is InChI=1S/C8H5BrCl2N2O/c9-3-1-4(10)7-8(6(3)11)14-5(2-12)13-7/h1H,2,12H2. The molecule has 0 aliphatic rings. The first-order valence-corrected chi connectivity index (χ1v) is 5.31. The number of oxazole rings is 1. The number of aromatic nitrogens is 1. The van der Waals surface area contributed by atoms with E-state index in [0.717, 1.165) is 0 Å². The second kappa shape index (κ2) is 3.70. The van der Waals surface area contributed by atoms with Gasteiger partial charge in [-0.2, -0.15) is 0 Å². The van der Waals surface area contributed by atoms with E-state index in [-0.39, 0.29) is 6.54 Å². The van der Waals surface area contributed by atoms with Gasteiger partial charge in [0.1, 0.15) is 5.52 Å². The Morgan fingerprint density at radius 3 is 2.86 bits per heavy atom. The van der Waals surface area contributed by atoms with Gasteiger partial charge in [-0.1, -0.05) is 23.2 Å². The Morgan fingerprint density at radius 2 is 2.21 bits per heavy atom.